The summed E-state index contributed by atoms with van der Waals surface area (Å²) in [4.78, 5) is 6.36. The summed E-state index contributed by atoms with van der Waals surface area (Å²) in [6.45, 7) is 3.52. The van der Waals surface area contributed by atoms with Crippen LogP contribution in [0.1, 0.15) is 12.1 Å². The summed E-state index contributed by atoms with van der Waals surface area (Å²) in [5.41, 5.74) is 2.34. The molecule has 0 fully saturated rings. The van der Waals surface area contributed by atoms with Crippen molar-refractivity contribution >= 4 is 12.6 Å². The van der Waals surface area contributed by atoms with Crippen LogP contribution in [-0.4, -0.2) is 35.0 Å². The molecule has 0 bridgehead atoms. The Bertz CT molecular complexity index is 351. The second kappa shape index (κ2) is 4.60. The Labute approximate surface area is 90.6 Å². The highest BCUT2D eigenvalue weighted by molar-refractivity contribution is 6.45. The average molecular weight is 202 g/mol. The summed E-state index contributed by atoms with van der Waals surface area (Å²) in [7, 11) is -0.355. The van der Waals surface area contributed by atoms with Gasteiger partial charge in [0.25, 0.3) is 0 Å². The van der Waals surface area contributed by atoms with Crippen LogP contribution in [0.25, 0.3) is 5.57 Å². The topological polar surface area (TPSA) is 36.4 Å². The van der Waals surface area contributed by atoms with E-state index in [9.17, 15) is 5.02 Å². The standard InChI is InChI=1S/C11H15BN2O/c1-12(15)14-8-5-10(6-9-14)11-4-2-3-7-13-11/h2-5,7,15H,6,8-9H2,1H3. The van der Waals surface area contributed by atoms with Crippen LogP contribution in [-0.2, 0) is 0 Å². The number of hydrogen-bond donors (Lipinski definition) is 1. The minimum Gasteiger partial charge on any atom is -0.437 e. The van der Waals surface area contributed by atoms with Crippen molar-refractivity contribution in [2.45, 2.75) is 13.2 Å². The van der Waals surface area contributed by atoms with Gasteiger partial charge in [-0.1, -0.05) is 12.1 Å². The highest BCUT2D eigenvalue weighted by atomic mass is 16.2. The Balaban J connectivity index is 2.09. The molecule has 0 radical (unpaired) electrons. The van der Waals surface area contributed by atoms with Crippen LogP contribution >= 0.6 is 0 Å². The number of rotatable bonds is 2. The van der Waals surface area contributed by atoms with E-state index in [1.54, 1.807) is 6.82 Å². The van der Waals surface area contributed by atoms with E-state index >= 15 is 0 Å². The minimum absolute atomic E-state index is 0.355. The van der Waals surface area contributed by atoms with Crippen molar-refractivity contribution < 1.29 is 5.02 Å². The Hall–Kier alpha value is -1.13. The molecule has 3 nitrogen and oxygen atoms in total. The van der Waals surface area contributed by atoms with E-state index < -0.39 is 0 Å². The molecule has 0 spiro atoms. The van der Waals surface area contributed by atoms with Crippen LogP contribution in [0.2, 0.25) is 6.82 Å². The van der Waals surface area contributed by atoms with Gasteiger partial charge in [-0.05, 0) is 37.5 Å². The molecule has 1 aliphatic rings. The molecule has 0 saturated heterocycles. The Morgan fingerprint density at radius 3 is 2.87 bits per heavy atom. The zero-order valence-electron chi connectivity index (χ0n) is 8.93. The fourth-order valence-electron chi connectivity index (χ4n) is 1.81. The lowest BCUT2D eigenvalue weighted by molar-refractivity contribution is 0.392. The van der Waals surface area contributed by atoms with Gasteiger partial charge < -0.3 is 9.83 Å². The maximum Gasteiger partial charge on any atom is 0.376 e. The second-order valence-electron chi connectivity index (χ2n) is 3.82. The van der Waals surface area contributed by atoms with Crippen LogP contribution in [0.4, 0.5) is 0 Å². The summed E-state index contributed by atoms with van der Waals surface area (Å²) in [5.74, 6) is 0. The van der Waals surface area contributed by atoms with Gasteiger partial charge in [-0.25, -0.2) is 0 Å². The Morgan fingerprint density at radius 2 is 2.33 bits per heavy atom. The maximum atomic E-state index is 9.42. The van der Waals surface area contributed by atoms with Gasteiger partial charge in [0.2, 0.25) is 0 Å². The van der Waals surface area contributed by atoms with Crippen LogP contribution in [0.3, 0.4) is 0 Å². The van der Waals surface area contributed by atoms with E-state index in [4.69, 9.17) is 0 Å². The first-order valence-electron chi connectivity index (χ1n) is 5.30. The molecule has 0 aromatic carbocycles. The van der Waals surface area contributed by atoms with Crippen molar-refractivity contribution in [3.05, 3.63) is 36.2 Å². The summed E-state index contributed by atoms with van der Waals surface area (Å²) in [6, 6.07) is 5.96. The van der Waals surface area contributed by atoms with E-state index in [2.05, 4.69) is 11.1 Å². The van der Waals surface area contributed by atoms with Crippen molar-refractivity contribution in [3.63, 3.8) is 0 Å². The molecule has 1 aromatic heterocycles. The Morgan fingerprint density at radius 1 is 1.47 bits per heavy atom. The third kappa shape index (κ3) is 2.46. The number of pyridine rings is 1. The van der Waals surface area contributed by atoms with Gasteiger partial charge in [0.05, 0.1) is 5.69 Å². The second-order valence-corrected chi connectivity index (χ2v) is 3.82. The SMILES string of the molecule is CB(O)N1CC=C(c2ccccn2)CC1. The Kier molecular flexibility index (Phi) is 3.19. The fraction of sp³-hybridized carbons (Fsp3) is 0.364. The molecule has 0 atom stereocenters. The van der Waals surface area contributed by atoms with Crippen LogP contribution in [0, 0.1) is 0 Å². The van der Waals surface area contributed by atoms with Crippen LogP contribution < -0.4 is 0 Å². The van der Waals surface area contributed by atoms with Gasteiger partial charge in [-0.15, -0.1) is 0 Å². The molecule has 2 rings (SSSR count). The van der Waals surface area contributed by atoms with Crippen molar-refractivity contribution in [1.82, 2.24) is 9.79 Å². The number of hydrogen-bond acceptors (Lipinski definition) is 3. The van der Waals surface area contributed by atoms with Crippen molar-refractivity contribution in [1.29, 1.82) is 0 Å². The molecule has 0 aliphatic carbocycles. The molecule has 15 heavy (non-hydrogen) atoms. The van der Waals surface area contributed by atoms with E-state index in [1.807, 2.05) is 29.2 Å². The van der Waals surface area contributed by atoms with Crippen LogP contribution in [0.15, 0.2) is 30.5 Å². The quantitative estimate of drug-likeness (QED) is 0.734. The highest BCUT2D eigenvalue weighted by Gasteiger charge is 2.19. The van der Waals surface area contributed by atoms with E-state index in [1.165, 1.54) is 5.57 Å². The van der Waals surface area contributed by atoms with Crippen molar-refractivity contribution in [3.8, 4) is 0 Å². The fourth-order valence-corrected chi connectivity index (χ4v) is 1.81. The molecule has 78 valence electrons. The lowest BCUT2D eigenvalue weighted by Gasteiger charge is -2.26. The van der Waals surface area contributed by atoms with E-state index in [-0.39, 0.29) is 7.05 Å². The largest absolute Gasteiger partial charge is 0.437 e. The first-order valence-corrected chi connectivity index (χ1v) is 5.30. The molecule has 0 saturated carbocycles. The zero-order valence-corrected chi connectivity index (χ0v) is 8.93. The van der Waals surface area contributed by atoms with Crippen molar-refractivity contribution in [2.75, 3.05) is 13.1 Å². The monoisotopic (exact) mass is 202 g/mol. The number of nitrogens with zero attached hydrogens (tertiary/aromatic N) is 2. The van der Waals surface area contributed by atoms with Gasteiger partial charge in [0.1, 0.15) is 0 Å². The van der Waals surface area contributed by atoms with Gasteiger partial charge >= 0.3 is 7.05 Å². The summed E-state index contributed by atoms with van der Waals surface area (Å²) >= 11 is 0. The summed E-state index contributed by atoms with van der Waals surface area (Å²) in [6.07, 6.45) is 4.93. The molecule has 4 heteroatoms. The normalized spacial score (nSPS) is 17.3. The van der Waals surface area contributed by atoms with Gasteiger partial charge in [-0.2, -0.15) is 0 Å². The smallest absolute Gasteiger partial charge is 0.376 e. The third-order valence-electron chi connectivity index (χ3n) is 2.76. The zero-order chi connectivity index (χ0) is 10.7. The molecule has 1 aliphatic heterocycles. The first-order chi connectivity index (χ1) is 7.27. The maximum absolute atomic E-state index is 9.42. The number of aromatic nitrogens is 1. The predicted octanol–water partition coefficient (Wildman–Crippen LogP) is 1.28. The molecule has 1 N–H and O–H groups in total. The molecular weight excluding hydrogens is 187 g/mol. The van der Waals surface area contributed by atoms with Gasteiger partial charge in [0.15, 0.2) is 0 Å². The van der Waals surface area contributed by atoms with E-state index in [0.717, 1.165) is 25.2 Å². The van der Waals surface area contributed by atoms with Crippen LogP contribution in [0.5, 0.6) is 0 Å². The average Bonchev–Trinajstić information content (AvgIpc) is 2.30. The minimum atomic E-state index is -0.355. The molecule has 1 aromatic rings. The van der Waals surface area contributed by atoms with E-state index in [0.29, 0.717) is 0 Å². The summed E-state index contributed by atoms with van der Waals surface area (Å²) < 4.78 is 0. The third-order valence-corrected chi connectivity index (χ3v) is 2.76. The summed E-state index contributed by atoms with van der Waals surface area (Å²) in [5, 5.41) is 9.42. The van der Waals surface area contributed by atoms with Gasteiger partial charge in [-0.3, -0.25) is 4.98 Å². The molecule has 0 amide bonds. The highest BCUT2D eigenvalue weighted by Crippen LogP contribution is 2.20. The molecule has 0 unspecified atom stereocenters. The lowest BCUT2D eigenvalue weighted by atomic mass is 9.83. The van der Waals surface area contributed by atoms with Gasteiger partial charge in [0, 0.05) is 12.7 Å². The predicted molar refractivity (Wildman–Crippen MR) is 62.2 cm³/mol. The molecular formula is C11H15BN2O. The van der Waals surface area contributed by atoms with Crippen molar-refractivity contribution in [2.24, 2.45) is 0 Å². The lowest BCUT2D eigenvalue weighted by Crippen LogP contribution is -2.39. The molecule has 2 heterocycles. The first kappa shape index (κ1) is 10.4.